The SMILES string of the molecule is CCC(C)/C=C\C(C)=C/CNC1CCCC1. The fourth-order valence-electron chi connectivity index (χ4n) is 2.04. The van der Waals surface area contributed by atoms with E-state index in [1.54, 1.807) is 0 Å². The van der Waals surface area contributed by atoms with Gasteiger partial charge in [-0.3, -0.25) is 0 Å². The van der Waals surface area contributed by atoms with Crippen LogP contribution in [-0.4, -0.2) is 12.6 Å². The molecule has 1 atom stereocenters. The first-order valence-electron chi connectivity index (χ1n) is 6.80. The van der Waals surface area contributed by atoms with Gasteiger partial charge in [-0.05, 0) is 25.7 Å². The maximum Gasteiger partial charge on any atom is 0.0143 e. The third-order valence-corrected chi connectivity index (χ3v) is 3.52. The average molecular weight is 221 g/mol. The molecule has 1 nitrogen and oxygen atoms in total. The number of allylic oxidation sites excluding steroid dienone is 3. The molecule has 0 aliphatic heterocycles. The number of hydrogen-bond donors (Lipinski definition) is 1. The van der Waals surface area contributed by atoms with E-state index in [4.69, 9.17) is 0 Å². The number of nitrogens with one attached hydrogen (secondary N) is 1. The van der Waals surface area contributed by atoms with E-state index in [-0.39, 0.29) is 0 Å². The van der Waals surface area contributed by atoms with Gasteiger partial charge in [0.15, 0.2) is 0 Å². The van der Waals surface area contributed by atoms with E-state index >= 15 is 0 Å². The van der Waals surface area contributed by atoms with Crippen LogP contribution in [-0.2, 0) is 0 Å². The van der Waals surface area contributed by atoms with Crippen molar-refractivity contribution in [2.75, 3.05) is 6.54 Å². The van der Waals surface area contributed by atoms with Crippen LogP contribution >= 0.6 is 0 Å². The Labute approximate surface area is 101 Å². The van der Waals surface area contributed by atoms with Gasteiger partial charge in [0.25, 0.3) is 0 Å². The van der Waals surface area contributed by atoms with Crippen LogP contribution in [0.2, 0.25) is 0 Å². The predicted octanol–water partition coefficient (Wildman–Crippen LogP) is 4.07. The average Bonchev–Trinajstić information content (AvgIpc) is 2.79. The van der Waals surface area contributed by atoms with Crippen LogP contribution in [0.25, 0.3) is 0 Å². The highest BCUT2D eigenvalue weighted by Crippen LogP contribution is 2.17. The fraction of sp³-hybridized carbons (Fsp3) is 0.733. The molecule has 92 valence electrons. The minimum absolute atomic E-state index is 0.700. The van der Waals surface area contributed by atoms with Crippen LogP contribution < -0.4 is 5.32 Å². The van der Waals surface area contributed by atoms with Gasteiger partial charge in [0.05, 0.1) is 0 Å². The molecule has 1 aliphatic rings. The van der Waals surface area contributed by atoms with Crippen molar-refractivity contribution in [3.8, 4) is 0 Å². The summed E-state index contributed by atoms with van der Waals surface area (Å²) in [5.74, 6) is 0.700. The Morgan fingerprint density at radius 2 is 2.06 bits per heavy atom. The summed E-state index contributed by atoms with van der Waals surface area (Å²) in [5, 5.41) is 3.60. The molecule has 1 rings (SSSR count). The molecule has 1 fully saturated rings. The van der Waals surface area contributed by atoms with Gasteiger partial charge in [-0.15, -0.1) is 0 Å². The van der Waals surface area contributed by atoms with Crippen molar-refractivity contribution in [2.45, 2.75) is 58.9 Å². The lowest BCUT2D eigenvalue weighted by Gasteiger charge is -2.09. The first-order valence-corrected chi connectivity index (χ1v) is 6.80. The van der Waals surface area contributed by atoms with Gasteiger partial charge in [0.2, 0.25) is 0 Å². The molecule has 0 aromatic heterocycles. The zero-order valence-electron chi connectivity index (χ0n) is 11.1. The molecular formula is C15H27N. The first-order chi connectivity index (χ1) is 7.72. The molecule has 1 N–H and O–H groups in total. The fourth-order valence-corrected chi connectivity index (χ4v) is 2.04. The lowest BCUT2D eigenvalue weighted by atomic mass is 10.1. The van der Waals surface area contributed by atoms with E-state index in [0.717, 1.165) is 12.6 Å². The Morgan fingerprint density at radius 1 is 1.38 bits per heavy atom. The zero-order chi connectivity index (χ0) is 11.8. The maximum atomic E-state index is 3.60. The quantitative estimate of drug-likeness (QED) is 0.667. The third-order valence-electron chi connectivity index (χ3n) is 3.52. The lowest BCUT2D eigenvalue weighted by Crippen LogP contribution is -2.25. The van der Waals surface area contributed by atoms with Crippen LogP contribution in [0.4, 0.5) is 0 Å². The van der Waals surface area contributed by atoms with Crippen LogP contribution in [0.1, 0.15) is 52.9 Å². The Balaban J connectivity index is 2.19. The van der Waals surface area contributed by atoms with E-state index in [1.807, 2.05) is 0 Å². The summed E-state index contributed by atoms with van der Waals surface area (Å²) in [4.78, 5) is 0. The second-order valence-electron chi connectivity index (χ2n) is 5.08. The summed E-state index contributed by atoms with van der Waals surface area (Å²) in [5.41, 5.74) is 1.38. The van der Waals surface area contributed by atoms with Gasteiger partial charge < -0.3 is 5.32 Å². The standard InChI is InChI=1S/C15H27N/c1-4-13(2)9-10-14(3)11-12-16-15-7-5-6-8-15/h9-11,13,15-16H,4-8,12H2,1-3H3/b10-9-,14-11-. The van der Waals surface area contributed by atoms with Crippen molar-refractivity contribution in [1.29, 1.82) is 0 Å². The van der Waals surface area contributed by atoms with Gasteiger partial charge >= 0.3 is 0 Å². The smallest absolute Gasteiger partial charge is 0.0143 e. The van der Waals surface area contributed by atoms with Crippen LogP contribution in [0.15, 0.2) is 23.8 Å². The van der Waals surface area contributed by atoms with E-state index in [2.05, 4.69) is 44.3 Å². The maximum absolute atomic E-state index is 3.60. The Hall–Kier alpha value is -0.560. The molecule has 0 bridgehead atoms. The monoisotopic (exact) mass is 221 g/mol. The van der Waals surface area contributed by atoms with E-state index in [1.165, 1.54) is 37.7 Å². The first kappa shape index (κ1) is 13.5. The molecule has 0 aromatic rings. The van der Waals surface area contributed by atoms with Crippen molar-refractivity contribution in [3.05, 3.63) is 23.8 Å². The van der Waals surface area contributed by atoms with Crippen molar-refractivity contribution >= 4 is 0 Å². The van der Waals surface area contributed by atoms with E-state index < -0.39 is 0 Å². The largest absolute Gasteiger partial charge is 0.311 e. The van der Waals surface area contributed by atoms with Gasteiger partial charge in [-0.2, -0.15) is 0 Å². The molecule has 1 unspecified atom stereocenters. The summed E-state index contributed by atoms with van der Waals surface area (Å²) in [6.45, 7) is 7.72. The Morgan fingerprint density at radius 3 is 2.69 bits per heavy atom. The second kappa shape index (κ2) is 7.67. The summed E-state index contributed by atoms with van der Waals surface area (Å²) in [6, 6.07) is 0.780. The highest BCUT2D eigenvalue weighted by Gasteiger charge is 2.12. The van der Waals surface area contributed by atoms with Crippen molar-refractivity contribution in [2.24, 2.45) is 5.92 Å². The van der Waals surface area contributed by atoms with Gasteiger partial charge in [-0.25, -0.2) is 0 Å². The van der Waals surface area contributed by atoms with Crippen LogP contribution in [0.5, 0.6) is 0 Å². The molecule has 1 aliphatic carbocycles. The normalized spacial score (nSPS) is 20.8. The number of hydrogen-bond acceptors (Lipinski definition) is 1. The van der Waals surface area contributed by atoms with Crippen molar-refractivity contribution in [3.63, 3.8) is 0 Å². The molecule has 16 heavy (non-hydrogen) atoms. The van der Waals surface area contributed by atoms with Crippen LogP contribution in [0.3, 0.4) is 0 Å². The minimum Gasteiger partial charge on any atom is -0.311 e. The van der Waals surface area contributed by atoms with E-state index in [9.17, 15) is 0 Å². The predicted molar refractivity (Wildman–Crippen MR) is 72.6 cm³/mol. The molecule has 0 spiro atoms. The minimum atomic E-state index is 0.700. The summed E-state index contributed by atoms with van der Waals surface area (Å²) in [6.07, 6.45) is 13.7. The van der Waals surface area contributed by atoms with E-state index in [0.29, 0.717) is 5.92 Å². The molecule has 0 saturated heterocycles. The van der Waals surface area contributed by atoms with Gasteiger partial charge in [0, 0.05) is 12.6 Å². The highest BCUT2D eigenvalue weighted by atomic mass is 14.9. The lowest BCUT2D eigenvalue weighted by molar-refractivity contribution is 0.556. The molecule has 1 heteroatoms. The summed E-state index contributed by atoms with van der Waals surface area (Å²) in [7, 11) is 0. The molecule has 0 heterocycles. The zero-order valence-corrected chi connectivity index (χ0v) is 11.1. The van der Waals surface area contributed by atoms with Crippen LogP contribution in [0, 0.1) is 5.92 Å². The summed E-state index contributed by atoms with van der Waals surface area (Å²) >= 11 is 0. The molecular weight excluding hydrogens is 194 g/mol. The second-order valence-corrected chi connectivity index (χ2v) is 5.08. The molecule has 0 aromatic carbocycles. The topological polar surface area (TPSA) is 12.0 Å². The highest BCUT2D eigenvalue weighted by molar-refractivity contribution is 5.16. The van der Waals surface area contributed by atoms with Crippen molar-refractivity contribution in [1.82, 2.24) is 5.32 Å². The van der Waals surface area contributed by atoms with Gasteiger partial charge in [0.1, 0.15) is 0 Å². The number of rotatable bonds is 6. The third kappa shape index (κ3) is 5.50. The van der Waals surface area contributed by atoms with Crippen molar-refractivity contribution < 1.29 is 0 Å². The Kier molecular flexibility index (Phi) is 6.47. The molecule has 1 saturated carbocycles. The molecule has 0 radical (unpaired) electrons. The Bertz CT molecular complexity index is 234. The summed E-state index contributed by atoms with van der Waals surface area (Å²) < 4.78 is 0. The van der Waals surface area contributed by atoms with Gasteiger partial charge in [-0.1, -0.05) is 56.9 Å². The molecule has 0 amide bonds.